The Labute approximate surface area is 496 Å². The van der Waals surface area contributed by atoms with Crippen LogP contribution in [0.25, 0.3) is 82.7 Å². The summed E-state index contributed by atoms with van der Waals surface area (Å²) >= 11 is 0. The molecule has 0 amide bonds. The number of aromatic nitrogens is 2. The first-order chi connectivity index (χ1) is 41.4. The number of hydrogen-bond acceptors (Lipinski definition) is 4. The van der Waals surface area contributed by atoms with Crippen LogP contribution in [0.2, 0.25) is 0 Å². The average molecular weight is 1100 g/mol. The smallest absolute Gasteiger partial charge is 0.256 e. The third-order valence-electron chi connectivity index (χ3n) is 18.1. The number of para-hydroxylation sites is 3. The molecular formula is C78H63BN4O2. The summed E-state index contributed by atoms with van der Waals surface area (Å²) in [6.45, 7) is 16.7. The van der Waals surface area contributed by atoms with Gasteiger partial charge in [-0.3, -0.25) is 0 Å². The summed E-state index contributed by atoms with van der Waals surface area (Å²) in [7, 11) is 0. The highest BCUT2D eigenvalue weighted by molar-refractivity contribution is 6.99. The molecule has 0 spiro atoms. The second-order valence-electron chi connectivity index (χ2n) is 25.2. The molecule has 16 rings (SSSR count). The van der Waals surface area contributed by atoms with Crippen LogP contribution in [-0.4, -0.2) is 15.8 Å². The van der Waals surface area contributed by atoms with E-state index in [1.807, 2.05) is 0 Å². The van der Waals surface area contributed by atoms with Gasteiger partial charge in [-0.25, -0.2) is 0 Å². The third-order valence-corrected chi connectivity index (χ3v) is 18.1. The van der Waals surface area contributed by atoms with E-state index < -0.39 is 0 Å². The van der Waals surface area contributed by atoms with Gasteiger partial charge < -0.3 is 28.1 Å². The number of aryl methyl sites for hydroxylation is 1. The molecule has 0 N–H and O–H groups in total. The standard InChI is InChI=1S/C78H63BN4O2/c1-8-80-66-28-18-15-27-60(66)61-45-56(40-42-67(61)80)81(53-35-37-55(38-36-53)82-68-29-19-16-25-58(68)59-26-17-20-30-69(59)82)57-39-41-64-72(46-57)84-73-44-52(78(5,6)7)43-71-74(73)79(64)65-47-62-63(48-70(65)83(71)54-33-31-51(32-34-54)77(2,3)4)76(50-23-13-10-14-24-50)85-75(62)49-21-11-9-12-22-49/h9-48H,8H2,1-7H3. The zero-order chi connectivity index (χ0) is 57.5. The van der Waals surface area contributed by atoms with Crippen LogP contribution >= 0.6 is 0 Å². The Morgan fingerprint density at radius 3 is 1.55 bits per heavy atom. The van der Waals surface area contributed by atoms with Gasteiger partial charge in [0.2, 0.25) is 0 Å². The van der Waals surface area contributed by atoms with E-state index in [0.717, 1.165) is 102 Å². The van der Waals surface area contributed by atoms with Gasteiger partial charge in [0.05, 0.1) is 11.0 Å². The van der Waals surface area contributed by atoms with Gasteiger partial charge in [0.25, 0.3) is 6.71 Å². The third kappa shape index (κ3) is 8.00. The van der Waals surface area contributed by atoms with Crippen molar-refractivity contribution >= 4 is 112 Å². The molecule has 0 aliphatic carbocycles. The molecule has 11 aromatic carbocycles. The minimum absolute atomic E-state index is 0.0127. The van der Waals surface area contributed by atoms with Crippen LogP contribution in [-0.2, 0) is 17.4 Å². The number of furan rings is 1. The van der Waals surface area contributed by atoms with E-state index in [1.165, 1.54) is 60.2 Å². The fourth-order valence-electron chi connectivity index (χ4n) is 13.9. The first kappa shape index (κ1) is 50.7. The zero-order valence-corrected chi connectivity index (χ0v) is 49.0. The molecule has 410 valence electrons. The quantitative estimate of drug-likeness (QED) is 0.142. The molecule has 0 radical (unpaired) electrons. The Morgan fingerprint density at radius 2 is 0.929 bits per heavy atom. The second-order valence-corrected chi connectivity index (χ2v) is 25.2. The predicted molar refractivity (Wildman–Crippen MR) is 358 cm³/mol. The molecule has 6 nitrogen and oxygen atoms in total. The second kappa shape index (κ2) is 19.0. The van der Waals surface area contributed by atoms with Crippen LogP contribution in [0.3, 0.4) is 0 Å². The van der Waals surface area contributed by atoms with Crippen LogP contribution in [0, 0.1) is 0 Å². The molecule has 3 aromatic heterocycles. The van der Waals surface area contributed by atoms with E-state index in [9.17, 15) is 0 Å². The van der Waals surface area contributed by atoms with Crippen molar-refractivity contribution < 1.29 is 9.15 Å². The zero-order valence-electron chi connectivity index (χ0n) is 49.0. The van der Waals surface area contributed by atoms with Crippen molar-refractivity contribution in [2.24, 2.45) is 0 Å². The number of anilines is 6. The van der Waals surface area contributed by atoms with Crippen molar-refractivity contribution in [3.8, 4) is 39.8 Å². The molecule has 0 unspecified atom stereocenters. The fraction of sp³-hybridized carbons (Fsp3) is 0.128. The minimum Gasteiger partial charge on any atom is -0.458 e. The minimum atomic E-state index is -0.199. The summed E-state index contributed by atoms with van der Waals surface area (Å²) in [4.78, 5) is 4.91. The molecule has 0 fully saturated rings. The van der Waals surface area contributed by atoms with Gasteiger partial charge >= 0.3 is 0 Å². The van der Waals surface area contributed by atoms with Crippen molar-refractivity contribution in [3.63, 3.8) is 0 Å². The monoisotopic (exact) mass is 1100 g/mol. The van der Waals surface area contributed by atoms with E-state index in [-0.39, 0.29) is 17.5 Å². The normalized spacial score (nSPS) is 13.0. The van der Waals surface area contributed by atoms with Gasteiger partial charge in [0, 0.05) is 107 Å². The Bertz CT molecular complexity index is 4930. The van der Waals surface area contributed by atoms with Crippen LogP contribution in [0.4, 0.5) is 34.1 Å². The van der Waals surface area contributed by atoms with Gasteiger partial charge in [-0.05, 0) is 142 Å². The first-order valence-electron chi connectivity index (χ1n) is 29.9. The Morgan fingerprint density at radius 1 is 0.400 bits per heavy atom. The van der Waals surface area contributed by atoms with Gasteiger partial charge in [0.15, 0.2) is 0 Å². The highest BCUT2D eigenvalue weighted by atomic mass is 16.5. The largest absolute Gasteiger partial charge is 0.458 e. The lowest BCUT2D eigenvalue weighted by molar-refractivity contribution is 0.483. The fourth-order valence-corrected chi connectivity index (χ4v) is 13.9. The van der Waals surface area contributed by atoms with Crippen molar-refractivity contribution in [2.75, 3.05) is 9.80 Å². The maximum atomic E-state index is 7.55. The number of nitrogens with zero attached hydrogens (tertiary/aromatic N) is 4. The van der Waals surface area contributed by atoms with Gasteiger partial charge in [-0.2, -0.15) is 0 Å². The number of rotatable bonds is 8. The van der Waals surface area contributed by atoms with E-state index in [4.69, 9.17) is 9.15 Å². The molecule has 0 atom stereocenters. The summed E-state index contributed by atoms with van der Waals surface area (Å²) in [6, 6.07) is 89.2. The summed E-state index contributed by atoms with van der Waals surface area (Å²) in [6.07, 6.45) is 0. The van der Waals surface area contributed by atoms with E-state index >= 15 is 0 Å². The summed E-state index contributed by atoms with van der Waals surface area (Å²) in [5.41, 5.74) is 20.2. The number of ether oxygens (including phenoxy) is 1. The van der Waals surface area contributed by atoms with Gasteiger partial charge in [-0.15, -0.1) is 0 Å². The van der Waals surface area contributed by atoms with E-state index in [1.54, 1.807) is 0 Å². The molecule has 0 bridgehead atoms. The lowest BCUT2D eigenvalue weighted by Gasteiger charge is -2.41. The lowest BCUT2D eigenvalue weighted by atomic mass is 9.34. The number of fused-ring (bicyclic) bond motifs is 11. The Balaban J connectivity index is 0.927. The molecule has 2 aliphatic heterocycles. The molecule has 2 aliphatic rings. The van der Waals surface area contributed by atoms with Gasteiger partial charge in [0.1, 0.15) is 23.0 Å². The van der Waals surface area contributed by atoms with Crippen LogP contribution in [0.1, 0.15) is 59.6 Å². The molecule has 85 heavy (non-hydrogen) atoms. The maximum absolute atomic E-state index is 7.55. The molecule has 14 aromatic rings. The van der Waals surface area contributed by atoms with Crippen LogP contribution in [0.15, 0.2) is 247 Å². The maximum Gasteiger partial charge on any atom is 0.256 e. The van der Waals surface area contributed by atoms with E-state index in [2.05, 4.69) is 310 Å². The lowest BCUT2D eigenvalue weighted by Crippen LogP contribution is -2.59. The predicted octanol–water partition coefficient (Wildman–Crippen LogP) is 19.5. The van der Waals surface area contributed by atoms with Gasteiger partial charge in [-0.1, -0.05) is 181 Å². The highest BCUT2D eigenvalue weighted by Crippen LogP contribution is 2.49. The van der Waals surface area contributed by atoms with Crippen molar-refractivity contribution in [1.82, 2.24) is 9.13 Å². The Kier molecular flexibility index (Phi) is 11.4. The summed E-state index contributed by atoms with van der Waals surface area (Å²) < 4.78 is 19.5. The molecular weight excluding hydrogens is 1040 g/mol. The average Bonchev–Trinajstić information content (AvgIpc) is 1.53. The Hall–Kier alpha value is -9.98. The highest BCUT2D eigenvalue weighted by Gasteiger charge is 2.44. The van der Waals surface area contributed by atoms with Crippen LogP contribution < -0.4 is 30.9 Å². The summed E-state index contributed by atoms with van der Waals surface area (Å²) in [5, 5.41) is 7.09. The van der Waals surface area contributed by atoms with Crippen LogP contribution in [0.5, 0.6) is 11.5 Å². The number of benzene rings is 11. The molecule has 0 saturated carbocycles. The molecule has 0 saturated heterocycles. The topological polar surface area (TPSA) is 38.7 Å². The first-order valence-corrected chi connectivity index (χ1v) is 29.9. The van der Waals surface area contributed by atoms with Crippen molar-refractivity contribution in [3.05, 3.63) is 254 Å². The number of hydrogen-bond donors (Lipinski definition) is 0. The molecule has 7 heteroatoms. The van der Waals surface area contributed by atoms with Crippen molar-refractivity contribution in [1.29, 1.82) is 0 Å². The SMILES string of the molecule is CCn1c2ccccc2c2cc(N(c3ccc(-n4c5ccccc5c5ccccc54)cc3)c3ccc4c(c3)Oc3cc(C(C)(C)C)cc5c3B4c3cc4c(-c6ccccc6)oc(-c6ccccc6)c4cc3N5c3ccc(C(C)(C)C)cc3)ccc21. The van der Waals surface area contributed by atoms with Crippen molar-refractivity contribution in [2.45, 2.75) is 65.8 Å². The van der Waals surface area contributed by atoms with E-state index in [0.29, 0.717) is 0 Å². The molecule has 5 heterocycles. The summed E-state index contributed by atoms with van der Waals surface area (Å²) in [5.74, 6) is 3.41.